The molecule has 1 rings (SSSR count). The zero-order chi connectivity index (χ0) is 16.6. The van der Waals surface area contributed by atoms with Crippen molar-refractivity contribution in [1.29, 1.82) is 0 Å². The zero-order valence-electron chi connectivity index (χ0n) is 11.8. The van der Waals surface area contributed by atoms with Crippen LogP contribution in [0.5, 0.6) is 0 Å². The molecule has 0 fully saturated rings. The maximum atomic E-state index is 12.0. The van der Waals surface area contributed by atoms with Gasteiger partial charge in [-0.05, 0) is 25.1 Å². The number of anilines is 1. The Balaban J connectivity index is 2.36. The number of thiocarbonyl (C=S) groups is 1. The largest absolute Gasteiger partial charge is 0.408 e. The molecule has 0 saturated carbocycles. The predicted octanol–water partition coefficient (Wildman–Crippen LogP) is 1.46. The summed E-state index contributed by atoms with van der Waals surface area (Å²) in [6.45, 7) is -0.615. The molecule has 1 aromatic heterocycles. The number of aryl methyl sites for hydroxylation is 1. The van der Waals surface area contributed by atoms with E-state index in [1.165, 1.54) is 11.3 Å². The minimum Gasteiger partial charge on any atom is -0.370 e. The number of aliphatic imine (C=N–C) groups is 1. The molecule has 0 aliphatic rings. The standard InChI is InChI=1S/C11H17F3N6S2/c1-16-9(21)17-4-2-3-7-5-22-10(19-7)20-8(15)18-6-11(12,13)14/h5H,2-4,6H2,1H3,(H2,16,17,21)(H3,15,18,19,20). The van der Waals surface area contributed by atoms with Crippen molar-refractivity contribution in [2.75, 3.05) is 25.5 Å². The molecular weight excluding hydrogens is 337 g/mol. The fourth-order valence-electron chi connectivity index (χ4n) is 1.36. The Kier molecular flexibility index (Phi) is 7.32. The number of alkyl halides is 3. The van der Waals surface area contributed by atoms with Crippen molar-refractivity contribution in [3.05, 3.63) is 11.1 Å². The summed E-state index contributed by atoms with van der Waals surface area (Å²) in [4.78, 5) is 7.42. The van der Waals surface area contributed by atoms with Gasteiger partial charge in [0.15, 0.2) is 16.2 Å². The molecule has 1 aromatic rings. The second kappa shape index (κ2) is 8.73. The molecule has 0 aliphatic carbocycles. The lowest BCUT2D eigenvalue weighted by molar-refractivity contribution is -0.118. The third kappa shape index (κ3) is 7.98. The molecule has 0 spiro atoms. The van der Waals surface area contributed by atoms with Crippen LogP contribution in [0.15, 0.2) is 10.4 Å². The highest BCUT2D eigenvalue weighted by Gasteiger charge is 2.26. The van der Waals surface area contributed by atoms with Gasteiger partial charge in [0.05, 0.1) is 5.69 Å². The Labute approximate surface area is 135 Å². The highest BCUT2D eigenvalue weighted by atomic mass is 32.1. The van der Waals surface area contributed by atoms with Crippen molar-refractivity contribution < 1.29 is 13.2 Å². The van der Waals surface area contributed by atoms with E-state index in [-0.39, 0.29) is 5.96 Å². The van der Waals surface area contributed by atoms with Gasteiger partial charge < -0.3 is 21.7 Å². The summed E-state index contributed by atoms with van der Waals surface area (Å²) in [7, 11) is 1.73. The molecule has 1 heterocycles. The summed E-state index contributed by atoms with van der Waals surface area (Å²) < 4.78 is 36.0. The third-order valence-electron chi connectivity index (χ3n) is 2.34. The molecule has 0 radical (unpaired) electrons. The summed E-state index contributed by atoms with van der Waals surface area (Å²) in [5, 5.41) is 11.2. The Morgan fingerprint density at radius 3 is 2.86 bits per heavy atom. The van der Waals surface area contributed by atoms with E-state index in [0.717, 1.165) is 18.5 Å². The van der Waals surface area contributed by atoms with Crippen LogP contribution in [0.2, 0.25) is 0 Å². The van der Waals surface area contributed by atoms with Crippen molar-refractivity contribution in [1.82, 2.24) is 15.6 Å². The van der Waals surface area contributed by atoms with Crippen LogP contribution in [0.1, 0.15) is 12.1 Å². The van der Waals surface area contributed by atoms with Crippen molar-refractivity contribution in [3.8, 4) is 0 Å². The van der Waals surface area contributed by atoms with Gasteiger partial charge in [0.2, 0.25) is 0 Å². The van der Waals surface area contributed by atoms with Crippen LogP contribution >= 0.6 is 23.6 Å². The van der Waals surface area contributed by atoms with Gasteiger partial charge in [0.25, 0.3) is 0 Å². The Morgan fingerprint density at radius 2 is 2.23 bits per heavy atom. The van der Waals surface area contributed by atoms with E-state index in [9.17, 15) is 13.2 Å². The third-order valence-corrected chi connectivity index (χ3v) is 3.49. The minimum atomic E-state index is -4.37. The minimum absolute atomic E-state index is 0.306. The van der Waals surface area contributed by atoms with Crippen LogP contribution in [0.25, 0.3) is 0 Å². The highest BCUT2D eigenvalue weighted by molar-refractivity contribution is 7.80. The number of thiazole rings is 1. The van der Waals surface area contributed by atoms with Gasteiger partial charge in [-0.2, -0.15) is 13.2 Å². The summed E-state index contributed by atoms with van der Waals surface area (Å²) in [5.41, 5.74) is 6.19. The number of nitrogens with one attached hydrogen (secondary N) is 3. The molecule has 0 bridgehead atoms. The van der Waals surface area contributed by atoms with Crippen LogP contribution in [-0.4, -0.2) is 42.4 Å². The summed E-state index contributed by atoms with van der Waals surface area (Å²) in [6.07, 6.45) is -2.83. The summed E-state index contributed by atoms with van der Waals surface area (Å²) in [6, 6.07) is 0. The normalized spacial score (nSPS) is 12.1. The number of hydrogen-bond acceptors (Lipinski definition) is 4. The van der Waals surface area contributed by atoms with Crippen LogP contribution in [0, 0.1) is 0 Å². The zero-order valence-corrected chi connectivity index (χ0v) is 13.5. The summed E-state index contributed by atoms with van der Waals surface area (Å²) in [5.74, 6) is -0.306. The molecule has 0 saturated heterocycles. The van der Waals surface area contributed by atoms with E-state index in [4.69, 9.17) is 18.0 Å². The highest BCUT2D eigenvalue weighted by Crippen LogP contribution is 2.17. The molecule has 0 aromatic carbocycles. The number of halogens is 3. The smallest absolute Gasteiger partial charge is 0.370 e. The lowest BCUT2D eigenvalue weighted by atomic mass is 10.2. The van der Waals surface area contributed by atoms with E-state index in [0.29, 0.717) is 16.8 Å². The number of guanidine groups is 1. The van der Waals surface area contributed by atoms with Crippen molar-refractivity contribution in [2.45, 2.75) is 19.0 Å². The van der Waals surface area contributed by atoms with Gasteiger partial charge in [-0.3, -0.25) is 0 Å². The van der Waals surface area contributed by atoms with Gasteiger partial charge in [0.1, 0.15) is 6.54 Å². The molecular formula is C11H17F3N6S2. The van der Waals surface area contributed by atoms with Gasteiger partial charge in [-0.25, -0.2) is 9.98 Å². The monoisotopic (exact) mass is 354 g/mol. The molecule has 11 heteroatoms. The van der Waals surface area contributed by atoms with Crippen LogP contribution < -0.4 is 21.7 Å². The number of hydrogen-bond donors (Lipinski definition) is 4. The van der Waals surface area contributed by atoms with Gasteiger partial charge in [0, 0.05) is 19.0 Å². The fourth-order valence-corrected chi connectivity index (χ4v) is 2.22. The average Bonchev–Trinajstić information content (AvgIpc) is 2.88. The lowest BCUT2D eigenvalue weighted by Gasteiger charge is -2.05. The van der Waals surface area contributed by atoms with E-state index >= 15 is 0 Å². The lowest BCUT2D eigenvalue weighted by Crippen LogP contribution is -2.33. The second-order valence-electron chi connectivity index (χ2n) is 4.20. The first-order chi connectivity index (χ1) is 10.3. The molecule has 0 atom stereocenters. The SMILES string of the molecule is CNC(=S)NCCCc1csc(NC(N)=NCC(F)(F)F)n1. The summed E-state index contributed by atoms with van der Waals surface area (Å²) >= 11 is 6.19. The maximum absolute atomic E-state index is 12.0. The fraction of sp³-hybridized carbons (Fsp3) is 0.545. The van der Waals surface area contributed by atoms with Gasteiger partial charge in [-0.15, -0.1) is 11.3 Å². The molecule has 0 aliphatic heterocycles. The second-order valence-corrected chi connectivity index (χ2v) is 5.46. The van der Waals surface area contributed by atoms with Crippen LogP contribution in [0.4, 0.5) is 18.3 Å². The number of nitrogens with two attached hydrogens (primary N) is 1. The number of aromatic nitrogens is 1. The van der Waals surface area contributed by atoms with E-state index in [1.807, 2.05) is 5.38 Å². The number of nitrogens with zero attached hydrogens (tertiary/aromatic N) is 2. The molecule has 0 unspecified atom stereocenters. The molecule has 124 valence electrons. The predicted molar refractivity (Wildman–Crippen MR) is 86.3 cm³/mol. The molecule has 0 amide bonds. The quantitative estimate of drug-likeness (QED) is 0.268. The maximum Gasteiger partial charge on any atom is 0.408 e. The van der Waals surface area contributed by atoms with Gasteiger partial charge >= 0.3 is 6.18 Å². The topological polar surface area (TPSA) is 87.4 Å². The first-order valence-electron chi connectivity index (χ1n) is 6.34. The van der Waals surface area contributed by atoms with Crippen LogP contribution in [-0.2, 0) is 6.42 Å². The first kappa shape index (κ1) is 18.4. The first-order valence-corrected chi connectivity index (χ1v) is 7.62. The molecule has 22 heavy (non-hydrogen) atoms. The Morgan fingerprint density at radius 1 is 1.50 bits per heavy atom. The Bertz CT molecular complexity index is 514. The van der Waals surface area contributed by atoms with Gasteiger partial charge in [-0.1, -0.05) is 0 Å². The van der Waals surface area contributed by atoms with Crippen LogP contribution in [0.3, 0.4) is 0 Å². The Hall–Kier alpha value is -1.62. The van der Waals surface area contributed by atoms with Crippen molar-refractivity contribution in [3.63, 3.8) is 0 Å². The van der Waals surface area contributed by atoms with E-state index in [2.05, 4.69) is 25.9 Å². The van der Waals surface area contributed by atoms with E-state index in [1.54, 1.807) is 7.05 Å². The number of rotatable bonds is 6. The molecule has 6 nitrogen and oxygen atoms in total. The molecule has 5 N–H and O–H groups in total. The van der Waals surface area contributed by atoms with Crippen molar-refractivity contribution >= 4 is 39.8 Å². The van der Waals surface area contributed by atoms with E-state index < -0.39 is 12.7 Å². The van der Waals surface area contributed by atoms with Crippen molar-refractivity contribution in [2.24, 2.45) is 10.7 Å². The average molecular weight is 354 g/mol.